The molecule has 0 aliphatic heterocycles. The predicted molar refractivity (Wildman–Crippen MR) is 78.9 cm³/mol. The second-order valence-corrected chi connectivity index (χ2v) is 6.25. The van der Waals surface area contributed by atoms with Crippen LogP contribution >= 0.6 is 0 Å². The van der Waals surface area contributed by atoms with E-state index in [1.807, 2.05) is 6.07 Å². The SMILES string of the molecule is CCNC(Cc1cc(F)ccc1C)C1(C)CCCC1. The molecule has 0 spiro atoms. The van der Waals surface area contributed by atoms with E-state index in [4.69, 9.17) is 0 Å². The Labute approximate surface area is 116 Å². The van der Waals surface area contributed by atoms with Gasteiger partial charge in [0, 0.05) is 6.04 Å². The van der Waals surface area contributed by atoms with E-state index in [0.29, 0.717) is 11.5 Å². The van der Waals surface area contributed by atoms with Crippen molar-refractivity contribution in [1.82, 2.24) is 5.32 Å². The van der Waals surface area contributed by atoms with Gasteiger partial charge in [0.15, 0.2) is 0 Å². The fourth-order valence-electron chi connectivity index (χ4n) is 3.42. The molecular weight excluding hydrogens is 237 g/mol. The highest BCUT2D eigenvalue weighted by Crippen LogP contribution is 2.41. The van der Waals surface area contributed by atoms with Crippen molar-refractivity contribution in [3.63, 3.8) is 0 Å². The van der Waals surface area contributed by atoms with Crippen LogP contribution in [0.15, 0.2) is 18.2 Å². The van der Waals surface area contributed by atoms with Gasteiger partial charge in [-0.1, -0.05) is 32.8 Å². The Morgan fingerprint density at radius 3 is 2.63 bits per heavy atom. The predicted octanol–water partition coefficient (Wildman–Crippen LogP) is 4.24. The first-order chi connectivity index (χ1) is 9.05. The molecule has 1 fully saturated rings. The third-order valence-electron chi connectivity index (χ3n) is 4.77. The number of aryl methyl sites for hydroxylation is 1. The van der Waals surface area contributed by atoms with Crippen LogP contribution in [-0.4, -0.2) is 12.6 Å². The van der Waals surface area contributed by atoms with Crippen LogP contribution in [-0.2, 0) is 6.42 Å². The zero-order valence-electron chi connectivity index (χ0n) is 12.4. The lowest BCUT2D eigenvalue weighted by Gasteiger charge is -2.35. The Morgan fingerprint density at radius 1 is 1.32 bits per heavy atom. The molecule has 0 aromatic heterocycles. The Balaban J connectivity index is 2.18. The van der Waals surface area contributed by atoms with Crippen LogP contribution in [0.5, 0.6) is 0 Å². The maximum absolute atomic E-state index is 13.4. The second-order valence-electron chi connectivity index (χ2n) is 6.25. The number of nitrogens with one attached hydrogen (secondary N) is 1. The van der Waals surface area contributed by atoms with Crippen LogP contribution in [0, 0.1) is 18.2 Å². The van der Waals surface area contributed by atoms with Crippen LogP contribution < -0.4 is 5.32 Å². The van der Waals surface area contributed by atoms with E-state index in [0.717, 1.165) is 18.5 Å². The van der Waals surface area contributed by atoms with Gasteiger partial charge in [-0.05, 0) is 61.4 Å². The topological polar surface area (TPSA) is 12.0 Å². The molecule has 106 valence electrons. The van der Waals surface area contributed by atoms with E-state index in [2.05, 4.69) is 26.1 Å². The molecule has 0 saturated heterocycles. The molecule has 0 heterocycles. The number of likely N-dealkylation sites (N-methyl/N-ethyl adjacent to an activating group) is 1. The Bertz CT molecular complexity index is 421. The van der Waals surface area contributed by atoms with Gasteiger partial charge in [0.2, 0.25) is 0 Å². The summed E-state index contributed by atoms with van der Waals surface area (Å²) in [6.07, 6.45) is 6.19. The number of benzene rings is 1. The van der Waals surface area contributed by atoms with Crippen LogP contribution in [0.25, 0.3) is 0 Å². The summed E-state index contributed by atoms with van der Waals surface area (Å²) in [6.45, 7) is 7.61. The first-order valence-electron chi connectivity index (χ1n) is 7.53. The summed E-state index contributed by atoms with van der Waals surface area (Å²) in [7, 11) is 0. The van der Waals surface area contributed by atoms with Gasteiger partial charge >= 0.3 is 0 Å². The van der Waals surface area contributed by atoms with Crippen molar-refractivity contribution in [1.29, 1.82) is 0 Å². The molecule has 1 unspecified atom stereocenters. The molecule has 1 aliphatic rings. The summed E-state index contributed by atoms with van der Waals surface area (Å²) in [4.78, 5) is 0. The standard InChI is InChI=1S/C17H26FN/c1-4-19-16(17(3)9-5-6-10-17)12-14-11-15(18)8-7-13(14)2/h7-8,11,16,19H,4-6,9-10,12H2,1-3H3. The summed E-state index contributed by atoms with van der Waals surface area (Å²) in [5.41, 5.74) is 2.72. The van der Waals surface area contributed by atoms with Gasteiger partial charge in [-0.15, -0.1) is 0 Å². The quantitative estimate of drug-likeness (QED) is 0.838. The molecule has 0 radical (unpaired) electrons. The van der Waals surface area contributed by atoms with Crippen molar-refractivity contribution >= 4 is 0 Å². The average molecular weight is 263 g/mol. The number of rotatable bonds is 5. The molecule has 1 aromatic carbocycles. The van der Waals surface area contributed by atoms with Crippen LogP contribution in [0.3, 0.4) is 0 Å². The van der Waals surface area contributed by atoms with Gasteiger partial charge in [0.05, 0.1) is 0 Å². The van der Waals surface area contributed by atoms with Crippen molar-refractivity contribution in [2.45, 2.75) is 58.9 Å². The molecule has 2 heteroatoms. The lowest BCUT2D eigenvalue weighted by Crippen LogP contribution is -2.43. The molecule has 1 nitrogen and oxygen atoms in total. The molecular formula is C17H26FN. The van der Waals surface area contributed by atoms with Gasteiger partial charge in [-0.2, -0.15) is 0 Å². The van der Waals surface area contributed by atoms with E-state index >= 15 is 0 Å². The number of hydrogen-bond donors (Lipinski definition) is 1. The maximum atomic E-state index is 13.4. The fourth-order valence-corrected chi connectivity index (χ4v) is 3.42. The van der Waals surface area contributed by atoms with Gasteiger partial charge < -0.3 is 5.32 Å². The zero-order chi connectivity index (χ0) is 13.9. The van der Waals surface area contributed by atoms with E-state index in [-0.39, 0.29) is 5.82 Å². The van der Waals surface area contributed by atoms with Crippen LogP contribution in [0.4, 0.5) is 4.39 Å². The molecule has 1 aliphatic carbocycles. The number of hydrogen-bond acceptors (Lipinski definition) is 1. The highest BCUT2D eigenvalue weighted by molar-refractivity contribution is 5.28. The minimum atomic E-state index is -0.118. The van der Waals surface area contributed by atoms with E-state index in [9.17, 15) is 4.39 Å². The Kier molecular flexibility index (Phi) is 4.62. The van der Waals surface area contributed by atoms with Crippen molar-refractivity contribution in [3.05, 3.63) is 35.1 Å². The van der Waals surface area contributed by atoms with Gasteiger partial charge in [-0.25, -0.2) is 4.39 Å². The smallest absolute Gasteiger partial charge is 0.123 e. The largest absolute Gasteiger partial charge is 0.313 e. The van der Waals surface area contributed by atoms with Crippen LogP contribution in [0.1, 0.15) is 50.7 Å². The molecule has 1 atom stereocenters. The summed E-state index contributed by atoms with van der Waals surface area (Å²) in [5, 5.41) is 3.64. The monoisotopic (exact) mass is 263 g/mol. The molecule has 0 bridgehead atoms. The summed E-state index contributed by atoms with van der Waals surface area (Å²) in [6, 6.07) is 5.61. The van der Waals surface area contributed by atoms with Gasteiger partial charge in [0.1, 0.15) is 5.82 Å². The fraction of sp³-hybridized carbons (Fsp3) is 0.647. The average Bonchev–Trinajstić information content (AvgIpc) is 2.81. The first kappa shape index (κ1) is 14.5. The summed E-state index contributed by atoms with van der Waals surface area (Å²) >= 11 is 0. The second kappa shape index (κ2) is 6.04. The van der Waals surface area contributed by atoms with Crippen molar-refractivity contribution < 1.29 is 4.39 Å². The van der Waals surface area contributed by atoms with E-state index < -0.39 is 0 Å². The third kappa shape index (κ3) is 3.36. The molecule has 19 heavy (non-hydrogen) atoms. The van der Waals surface area contributed by atoms with Crippen molar-refractivity contribution in [2.24, 2.45) is 5.41 Å². The summed E-state index contributed by atoms with van der Waals surface area (Å²) < 4.78 is 13.4. The molecule has 2 rings (SSSR count). The normalized spacial score (nSPS) is 19.6. The third-order valence-corrected chi connectivity index (χ3v) is 4.77. The first-order valence-corrected chi connectivity index (χ1v) is 7.53. The minimum Gasteiger partial charge on any atom is -0.313 e. The lowest BCUT2D eigenvalue weighted by molar-refractivity contribution is 0.221. The number of halogens is 1. The van der Waals surface area contributed by atoms with Crippen molar-refractivity contribution in [3.8, 4) is 0 Å². The minimum absolute atomic E-state index is 0.118. The molecule has 0 amide bonds. The lowest BCUT2D eigenvalue weighted by atomic mass is 9.77. The maximum Gasteiger partial charge on any atom is 0.123 e. The Hall–Kier alpha value is -0.890. The zero-order valence-corrected chi connectivity index (χ0v) is 12.4. The highest BCUT2D eigenvalue weighted by Gasteiger charge is 2.36. The highest BCUT2D eigenvalue weighted by atomic mass is 19.1. The summed E-state index contributed by atoms with van der Waals surface area (Å²) in [5.74, 6) is -0.118. The van der Waals surface area contributed by atoms with Gasteiger partial charge in [0.25, 0.3) is 0 Å². The van der Waals surface area contributed by atoms with E-state index in [1.165, 1.54) is 31.2 Å². The molecule has 1 saturated carbocycles. The Morgan fingerprint density at radius 2 is 2.00 bits per heavy atom. The molecule has 1 N–H and O–H groups in total. The van der Waals surface area contributed by atoms with Crippen LogP contribution in [0.2, 0.25) is 0 Å². The molecule has 1 aromatic rings. The van der Waals surface area contributed by atoms with E-state index in [1.54, 1.807) is 12.1 Å². The van der Waals surface area contributed by atoms with Crippen molar-refractivity contribution in [2.75, 3.05) is 6.54 Å². The van der Waals surface area contributed by atoms with Gasteiger partial charge in [-0.3, -0.25) is 0 Å².